The number of carbonyl (C=O) groups is 3. The van der Waals surface area contributed by atoms with E-state index in [1.165, 1.54) is 0 Å². The molecule has 0 aliphatic rings. The molecule has 0 rings (SSSR count). The van der Waals surface area contributed by atoms with Crippen LogP contribution < -0.4 is 51.4 Å². The summed E-state index contributed by atoms with van der Waals surface area (Å²) < 4.78 is 0. The minimum absolute atomic E-state index is 0. The van der Waals surface area contributed by atoms with Gasteiger partial charge in [-0.1, -0.05) is 0 Å². The summed E-state index contributed by atoms with van der Waals surface area (Å²) in [4.78, 5) is 28.0. The molecule has 0 atom stereocenters. The van der Waals surface area contributed by atoms with E-state index in [1.807, 2.05) is 0 Å². The van der Waals surface area contributed by atoms with Crippen LogP contribution in [0.15, 0.2) is 0 Å². The Bertz CT molecular complexity index is 171. The molecule has 0 spiro atoms. The maximum Gasteiger partial charge on any atom is 1.00 e. The molecule has 0 radical (unpaired) electrons. The van der Waals surface area contributed by atoms with E-state index in [9.17, 15) is 9.59 Å². The van der Waals surface area contributed by atoms with Gasteiger partial charge in [-0.2, -0.15) is 0 Å². The summed E-state index contributed by atoms with van der Waals surface area (Å²) in [7, 11) is 0. The fraction of sp³-hybridized carbons (Fsp3) is 0.400. The fourth-order valence-electron chi connectivity index (χ4n) is 0.129. The Morgan fingerprint density at radius 2 is 1.15 bits per heavy atom. The van der Waals surface area contributed by atoms with Crippen molar-refractivity contribution in [2.75, 3.05) is 6.61 Å². The normalized spacial score (nSPS) is 7.15. The van der Waals surface area contributed by atoms with E-state index in [0.717, 1.165) is 0 Å². The Kier molecular flexibility index (Phi) is 17.3. The molecule has 7 nitrogen and oxygen atoms in total. The number of hydrogen-bond acceptors (Lipinski definition) is 4. The zero-order chi connectivity index (χ0) is 10.1. The second-order valence-electron chi connectivity index (χ2n) is 1.52. The Labute approximate surface area is 117 Å². The van der Waals surface area contributed by atoms with Crippen molar-refractivity contribution in [1.82, 2.24) is 0 Å². The molecule has 4 N–H and O–H groups in total. The number of aliphatic hydroxyl groups excluding tert-OH is 1. The second kappa shape index (κ2) is 12.0. The molecule has 0 unspecified atom stereocenters. The van der Waals surface area contributed by atoms with Crippen LogP contribution in [-0.4, -0.2) is 44.9 Å². The maximum absolute atomic E-state index is 9.43. The van der Waals surface area contributed by atoms with Crippen LogP contribution in [-0.2, 0) is 14.4 Å². The third-order valence-corrected chi connectivity index (χ3v) is 0.438. The molecule has 0 aromatic heterocycles. The predicted octanol–water partition coefficient (Wildman–Crippen LogP) is -4.27. The first-order valence-electron chi connectivity index (χ1n) is 2.66. The summed E-state index contributed by atoms with van der Waals surface area (Å²) in [6, 6.07) is 0. The Hall–Kier alpha value is 0.00636. The van der Waals surface area contributed by atoms with Gasteiger partial charge in [0.05, 0.1) is 0 Å². The maximum atomic E-state index is 9.43. The molecule has 0 saturated carbocycles. The summed E-state index contributed by atoms with van der Waals surface area (Å²) in [5, 5.41) is 30.4. The number of carboxylic acids is 3. The van der Waals surface area contributed by atoms with Gasteiger partial charge in [0.25, 0.3) is 0 Å². The van der Waals surface area contributed by atoms with Crippen LogP contribution in [0, 0.1) is 0 Å². The van der Waals surface area contributed by atoms with E-state index in [2.05, 4.69) is 0 Å². The van der Waals surface area contributed by atoms with Crippen molar-refractivity contribution in [3.05, 3.63) is 0 Å². The van der Waals surface area contributed by atoms with Crippen molar-refractivity contribution < 1.29 is 87.6 Å². The molecule has 0 aliphatic carbocycles. The van der Waals surface area contributed by atoms with Gasteiger partial charge in [0.1, 0.15) is 13.0 Å². The van der Waals surface area contributed by atoms with Crippen LogP contribution >= 0.6 is 0 Å². The molecular formula is C5H9KO7. The molecule has 72 valence electrons. The number of carboxylic acid groups (broad SMARTS) is 3. The minimum atomic E-state index is -1.31. The number of aliphatic hydroxyl groups is 1. The van der Waals surface area contributed by atoms with Crippen LogP contribution in [0.2, 0.25) is 0 Å². The molecule has 0 aromatic rings. The average Bonchev–Trinajstić information content (AvgIpc) is 1.85. The molecule has 0 aliphatic heterocycles. The topological polar surface area (TPSA) is 132 Å². The largest absolute Gasteiger partial charge is 1.00 e. The van der Waals surface area contributed by atoms with Crippen molar-refractivity contribution in [2.45, 2.75) is 6.42 Å². The van der Waals surface area contributed by atoms with E-state index < -0.39 is 30.9 Å². The quantitative estimate of drug-likeness (QED) is 0.279. The SMILES string of the molecule is O=C(O)CC(=O)O.O=C(O)CO.[H-].[K+]. The number of hydrogen-bond donors (Lipinski definition) is 4. The first-order valence-corrected chi connectivity index (χ1v) is 2.66. The van der Waals surface area contributed by atoms with Crippen molar-refractivity contribution >= 4 is 17.9 Å². The van der Waals surface area contributed by atoms with Crippen molar-refractivity contribution in [3.8, 4) is 0 Å². The van der Waals surface area contributed by atoms with Gasteiger partial charge in [0, 0.05) is 0 Å². The van der Waals surface area contributed by atoms with Crippen LogP contribution in [0.25, 0.3) is 0 Å². The molecule has 0 aromatic carbocycles. The van der Waals surface area contributed by atoms with Gasteiger partial charge in [-0.05, 0) is 0 Å². The third-order valence-electron chi connectivity index (χ3n) is 0.438. The Balaban J connectivity index is -0.0000000651. The van der Waals surface area contributed by atoms with Gasteiger partial charge in [-0.3, -0.25) is 9.59 Å². The molecular weight excluding hydrogens is 211 g/mol. The van der Waals surface area contributed by atoms with Gasteiger partial charge in [-0.15, -0.1) is 0 Å². The fourth-order valence-corrected chi connectivity index (χ4v) is 0.129. The number of aliphatic carboxylic acids is 3. The van der Waals surface area contributed by atoms with Crippen LogP contribution in [0.3, 0.4) is 0 Å². The van der Waals surface area contributed by atoms with Gasteiger partial charge in [0.2, 0.25) is 0 Å². The van der Waals surface area contributed by atoms with Gasteiger partial charge < -0.3 is 21.9 Å². The average molecular weight is 220 g/mol. The number of rotatable bonds is 3. The molecule has 0 fully saturated rings. The van der Waals surface area contributed by atoms with Crippen molar-refractivity contribution in [2.24, 2.45) is 0 Å². The van der Waals surface area contributed by atoms with E-state index in [0.29, 0.717) is 0 Å². The summed E-state index contributed by atoms with van der Waals surface area (Å²) in [5.41, 5.74) is 0. The summed E-state index contributed by atoms with van der Waals surface area (Å²) >= 11 is 0. The summed E-state index contributed by atoms with van der Waals surface area (Å²) in [6.45, 7) is -0.778. The zero-order valence-electron chi connectivity index (χ0n) is 7.93. The van der Waals surface area contributed by atoms with Crippen LogP contribution in [0.1, 0.15) is 7.85 Å². The van der Waals surface area contributed by atoms with Crippen molar-refractivity contribution in [3.63, 3.8) is 0 Å². The molecule has 8 heteroatoms. The predicted molar refractivity (Wildman–Crippen MR) is 35.7 cm³/mol. The molecule has 0 heterocycles. The first kappa shape index (κ1) is 18.7. The minimum Gasteiger partial charge on any atom is -1.00 e. The zero-order valence-corrected chi connectivity index (χ0v) is 10.1. The third kappa shape index (κ3) is 33.3. The molecule has 0 saturated heterocycles. The summed E-state index contributed by atoms with van der Waals surface area (Å²) in [6.07, 6.45) is -0.806. The van der Waals surface area contributed by atoms with E-state index >= 15 is 0 Å². The second-order valence-corrected chi connectivity index (χ2v) is 1.52. The Morgan fingerprint density at radius 3 is 1.15 bits per heavy atom. The van der Waals surface area contributed by atoms with E-state index in [4.69, 9.17) is 25.2 Å². The molecule has 0 bridgehead atoms. The monoisotopic (exact) mass is 220 g/mol. The Morgan fingerprint density at radius 1 is 0.923 bits per heavy atom. The van der Waals surface area contributed by atoms with Gasteiger partial charge in [0.15, 0.2) is 0 Å². The van der Waals surface area contributed by atoms with Crippen LogP contribution in [0.5, 0.6) is 0 Å². The van der Waals surface area contributed by atoms with Crippen molar-refractivity contribution in [1.29, 1.82) is 0 Å². The summed E-state index contributed by atoms with van der Waals surface area (Å²) in [5.74, 6) is -3.81. The van der Waals surface area contributed by atoms with E-state index in [-0.39, 0.29) is 52.8 Å². The molecule has 13 heavy (non-hydrogen) atoms. The first-order chi connectivity index (χ1) is 5.40. The van der Waals surface area contributed by atoms with Gasteiger partial charge in [-0.25, -0.2) is 4.79 Å². The smallest absolute Gasteiger partial charge is 1.00 e. The van der Waals surface area contributed by atoms with E-state index in [1.54, 1.807) is 0 Å². The van der Waals surface area contributed by atoms with Crippen LogP contribution in [0.4, 0.5) is 0 Å². The molecule has 0 amide bonds. The van der Waals surface area contributed by atoms with Gasteiger partial charge >= 0.3 is 69.3 Å². The standard InChI is InChI=1S/C3H4O4.C2H4O3.K.H/c4-2(5)1-3(6)7;3-1-2(4)5;;/h1H2,(H,4,5)(H,6,7);3H,1H2,(H,4,5);;/q;;+1;-1.